The first-order valence-electron chi connectivity index (χ1n) is 8.17. The number of amides is 2. The van der Waals surface area contributed by atoms with E-state index in [4.69, 9.17) is 16.3 Å². The molecule has 0 saturated carbocycles. The Hall–Kier alpha value is -2.31. The fraction of sp³-hybridized carbons (Fsp3) is 0.263. The second-order valence-electron chi connectivity index (χ2n) is 6.32. The number of halogens is 1. The molecule has 0 radical (unpaired) electrons. The number of ether oxygens (including phenoxy) is 1. The molecule has 2 amide bonds. The first-order chi connectivity index (χ1) is 12.4. The molecule has 2 aromatic rings. The third-order valence-electron chi connectivity index (χ3n) is 3.90. The van der Waals surface area contributed by atoms with Crippen LogP contribution < -0.4 is 10.1 Å². The highest BCUT2D eigenvalue weighted by Crippen LogP contribution is 2.34. The van der Waals surface area contributed by atoms with Gasteiger partial charge in [-0.05, 0) is 35.6 Å². The number of nitrogens with zero attached hydrogens (tertiary/aromatic N) is 1. The summed E-state index contributed by atoms with van der Waals surface area (Å²) in [5.41, 5.74) is 1.30. The maximum Gasteiger partial charge on any atom is 0.278 e. The lowest BCUT2D eigenvalue weighted by Crippen LogP contribution is -2.35. The predicted molar refractivity (Wildman–Crippen MR) is 104 cm³/mol. The Kier molecular flexibility index (Phi) is 5.34. The molecule has 3 rings (SSSR count). The van der Waals surface area contributed by atoms with E-state index in [0.29, 0.717) is 28.6 Å². The highest BCUT2D eigenvalue weighted by atomic mass is 35.5. The van der Waals surface area contributed by atoms with Gasteiger partial charge in [0.15, 0.2) is 0 Å². The first kappa shape index (κ1) is 18.5. The Bertz CT molecular complexity index is 875. The molecule has 7 heteroatoms. The van der Waals surface area contributed by atoms with E-state index in [1.54, 1.807) is 18.2 Å². The van der Waals surface area contributed by atoms with E-state index >= 15 is 0 Å². The lowest BCUT2D eigenvalue weighted by molar-refractivity contribution is -0.137. The Morgan fingerprint density at radius 1 is 1.23 bits per heavy atom. The molecule has 0 saturated heterocycles. The SMILES string of the molecule is COc1ccc(NC2=C(c3cccs3)C(=O)N(CC(C)C)C2=O)cc1Cl. The quantitative estimate of drug-likeness (QED) is 0.749. The van der Waals surface area contributed by atoms with Crippen molar-refractivity contribution in [3.63, 3.8) is 0 Å². The average Bonchev–Trinajstić information content (AvgIpc) is 3.18. The van der Waals surface area contributed by atoms with Gasteiger partial charge in [-0.25, -0.2) is 0 Å². The van der Waals surface area contributed by atoms with Crippen molar-refractivity contribution in [2.75, 3.05) is 19.0 Å². The molecule has 0 unspecified atom stereocenters. The van der Waals surface area contributed by atoms with Crippen molar-refractivity contribution in [1.29, 1.82) is 0 Å². The van der Waals surface area contributed by atoms with Crippen LogP contribution >= 0.6 is 22.9 Å². The van der Waals surface area contributed by atoms with Crippen LogP contribution in [0.15, 0.2) is 41.4 Å². The monoisotopic (exact) mass is 390 g/mol. The molecule has 1 aliphatic rings. The Morgan fingerprint density at radius 2 is 2.00 bits per heavy atom. The zero-order valence-corrected chi connectivity index (χ0v) is 16.3. The van der Waals surface area contributed by atoms with Crippen LogP contribution in [0, 0.1) is 5.92 Å². The molecular formula is C19H19ClN2O3S. The molecule has 26 heavy (non-hydrogen) atoms. The van der Waals surface area contributed by atoms with Gasteiger partial charge < -0.3 is 10.1 Å². The summed E-state index contributed by atoms with van der Waals surface area (Å²) in [4.78, 5) is 27.8. The van der Waals surface area contributed by atoms with Gasteiger partial charge in [-0.3, -0.25) is 14.5 Å². The summed E-state index contributed by atoms with van der Waals surface area (Å²) in [6.07, 6.45) is 0. The minimum Gasteiger partial charge on any atom is -0.495 e. The lowest BCUT2D eigenvalue weighted by Gasteiger charge is -2.17. The smallest absolute Gasteiger partial charge is 0.278 e. The fourth-order valence-corrected chi connectivity index (χ4v) is 3.79. The van der Waals surface area contributed by atoms with E-state index in [-0.39, 0.29) is 23.4 Å². The second kappa shape index (κ2) is 7.51. The van der Waals surface area contributed by atoms with Crippen molar-refractivity contribution in [2.24, 2.45) is 5.92 Å². The Balaban J connectivity index is 2.01. The molecule has 1 aromatic heterocycles. The maximum atomic E-state index is 12.9. The summed E-state index contributed by atoms with van der Waals surface area (Å²) in [5.74, 6) is 0.134. The number of carbonyl (C=O) groups is 2. The van der Waals surface area contributed by atoms with Crippen molar-refractivity contribution < 1.29 is 14.3 Å². The molecule has 136 valence electrons. The van der Waals surface area contributed by atoms with Gasteiger partial charge in [0.25, 0.3) is 11.8 Å². The van der Waals surface area contributed by atoms with Crippen LogP contribution in [0.3, 0.4) is 0 Å². The van der Waals surface area contributed by atoms with Crippen molar-refractivity contribution >= 4 is 46.0 Å². The van der Waals surface area contributed by atoms with Crippen LogP contribution in [0.1, 0.15) is 18.7 Å². The minimum absolute atomic E-state index is 0.183. The predicted octanol–water partition coefficient (Wildman–Crippen LogP) is 4.26. The number of hydrogen-bond donors (Lipinski definition) is 1. The molecule has 0 fully saturated rings. The Morgan fingerprint density at radius 3 is 2.58 bits per heavy atom. The molecule has 0 atom stereocenters. The number of carbonyl (C=O) groups excluding carboxylic acids is 2. The number of imide groups is 1. The molecular weight excluding hydrogens is 372 g/mol. The number of hydrogen-bond acceptors (Lipinski definition) is 5. The number of thiophene rings is 1. The summed E-state index contributed by atoms with van der Waals surface area (Å²) in [7, 11) is 1.54. The van der Waals surface area contributed by atoms with E-state index in [9.17, 15) is 9.59 Å². The molecule has 1 N–H and O–H groups in total. The van der Waals surface area contributed by atoms with Crippen molar-refractivity contribution in [1.82, 2.24) is 4.90 Å². The van der Waals surface area contributed by atoms with Crippen LogP contribution in [0.2, 0.25) is 5.02 Å². The molecule has 0 aliphatic carbocycles. The zero-order chi connectivity index (χ0) is 18.8. The summed E-state index contributed by atoms with van der Waals surface area (Å²) in [6.45, 7) is 4.32. The molecule has 0 spiro atoms. The van der Waals surface area contributed by atoms with Gasteiger partial charge in [0.2, 0.25) is 0 Å². The van der Waals surface area contributed by atoms with E-state index < -0.39 is 0 Å². The zero-order valence-electron chi connectivity index (χ0n) is 14.7. The molecule has 0 bridgehead atoms. The number of nitrogens with one attached hydrogen (secondary N) is 1. The third-order valence-corrected chi connectivity index (χ3v) is 5.09. The van der Waals surface area contributed by atoms with Crippen LogP contribution in [-0.4, -0.2) is 30.4 Å². The molecule has 1 aromatic carbocycles. The fourth-order valence-electron chi connectivity index (χ4n) is 2.76. The number of benzene rings is 1. The van der Waals surface area contributed by atoms with Gasteiger partial charge in [-0.1, -0.05) is 31.5 Å². The topological polar surface area (TPSA) is 58.6 Å². The lowest BCUT2D eigenvalue weighted by atomic mass is 10.1. The van der Waals surface area contributed by atoms with Crippen molar-refractivity contribution in [3.05, 3.63) is 51.3 Å². The van der Waals surface area contributed by atoms with Crippen molar-refractivity contribution in [2.45, 2.75) is 13.8 Å². The average molecular weight is 391 g/mol. The molecule has 5 nitrogen and oxygen atoms in total. The van der Waals surface area contributed by atoms with Gasteiger partial charge in [-0.2, -0.15) is 0 Å². The van der Waals surface area contributed by atoms with Gasteiger partial charge in [-0.15, -0.1) is 11.3 Å². The Labute approximate surface area is 161 Å². The highest BCUT2D eigenvalue weighted by Gasteiger charge is 2.39. The normalized spacial score (nSPS) is 14.6. The number of rotatable bonds is 6. The summed E-state index contributed by atoms with van der Waals surface area (Å²) in [6, 6.07) is 8.84. The third kappa shape index (κ3) is 3.48. The van der Waals surface area contributed by atoms with Crippen LogP contribution in [0.25, 0.3) is 5.57 Å². The summed E-state index contributed by atoms with van der Waals surface area (Å²) < 4.78 is 5.15. The summed E-state index contributed by atoms with van der Waals surface area (Å²) in [5, 5.41) is 5.39. The maximum absolute atomic E-state index is 12.9. The van der Waals surface area contributed by atoms with Crippen LogP contribution in [0.4, 0.5) is 5.69 Å². The largest absolute Gasteiger partial charge is 0.495 e. The van der Waals surface area contributed by atoms with Crippen molar-refractivity contribution in [3.8, 4) is 5.75 Å². The van der Waals surface area contributed by atoms with E-state index in [2.05, 4.69) is 5.32 Å². The van der Waals surface area contributed by atoms with Crippen LogP contribution in [0.5, 0.6) is 5.75 Å². The standard InChI is InChI=1S/C19H19ClN2O3S/c1-11(2)10-22-18(23)16(15-5-4-8-26-15)17(19(22)24)21-12-6-7-14(25-3)13(20)9-12/h4-9,11,21H,10H2,1-3H3. The first-order valence-corrected chi connectivity index (χ1v) is 9.43. The van der Waals surface area contributed by atoms with Gasteiger partial charge in [0.1, 0.15) is 11.4 Å². The number of methoxy groups -OCH3 is 1. The van der Waals surface area contributed by atoms with Gasteiger partial charge >= 0.3 is 0 Å². The van der Waals surface area contributed by atoms with Gasteiger partial charge in [0.05, 0.1) is 17.7 Å². The number of anilines is 1. The van der Waals surface area contributed by atoms with E-state index in [1.165, 1.54) is 23.3 Å². The molecule has 2 heterocycles. The summed E-state index contributed by atoms with van der Waals surface area (Å²) >= 11 is 7.60. The van der Waals surface area contributed by atoms with E-state index in [0.717, 1.165) is 4.88 Å². The highest BCUT2D eigenvalue weighted by molar-refractivity contribution is 7.11. The van der Waals surface area contributed by atoms with E-state index in [1.807, 2.05) is 31.4 Å². The van der Waals surface area contributed by atoms with Gasteiger partial charge in [0, 0.05) is 17.1 Å². The van der Waals surface area contributed by atoms with Crippen LogP contribution in [-0.2, 0) is 9.59 Å². The second-order valence-corrected chi connectivity index (χ2v) is 7.67. The minimum atomic E-state index is -0.320. The molecule has 1 aliphatic heterocycles.